The summed E-state index contributed by atoms with van der Waals surface area (Å²) in [6, 6.07) is 77.6. The van der Waals surface area contributed by atoms with Gasteiger partial charge in [0.1, 0.15) is 0 Å². The number of hydrogen-bond acceptors (Lipinski definition) is 2. The lowest BCUT2D eigenvalue weighted by molar-refractivity contribution is 0.778. The first kappa shape index (κ1) is 37.4. The van der Waals surface area contributed by atoms with Crippen molar-refractivity contribution in [3.8, 4) is 56.9 Å². The van der Waals surface area contributed by atoms with Gasteiger partial charge in [0.15, 0.2) is 0 Å². The molecular weight excluding hydrogens is 813 g/mol. The monoisotopic (exact) mass is 850 g/mol. The highest BCUT2D eigenvalue weighted by Crippen LogP contribution is 2.64. The molecule has 0 aliphatic heterocycles. The molecule has 11 aromatic rings. The van der Waals surface area contributed by atoms with Crippen LogP contribution in [0.2, 0.25) is 0 Å². The second-order valence-corrected chi connectivity index (χ2v) is 18.2. The average Bonchev–Trinajstić information content (AvgIpc) is 4.09. The highest BCUT2D eigenvalue weighted by molar-refractivity contribution is 6.13. The van der Waals surface area contributed by atoms with Gasteiger partial charge >= 0.3 is 0 Å². The first-order chi connectivity index (χ1) is 33.1. The summed E-state index contributed by atoms with van der Waals surface area (Å²) in [4.78, 5) is 0. The number of benzene rings is 9. The summed E-state index contributed by atoms with van der Waals surface area (Å²) >= 11 is 0. The van der Waals surface area contributed by atoms with Crippen molar-refractivity contribution in [3.63, 3.8) is 0 Å². The topological polar surface area (TPSA) is 57.4 Å². The minimum Gasteiger partial charge on any atom is -0.309 e. The predicted molar refractivity (Wildman–Crippen MR) is 272 cm³/mol. The van der Waals surface area contributed by atoms with Gasteiger partial charge in [-0.3, -0.25) is 0 Å². The molecule has 310 valence electrons. The number of rotatable bonds is 4. The van der Waals surface area contributed by atoms with Gasteiger partial charge < -0.3 is 9.13 Å². The Hall–Kier alpha value is -8.96. The van der Waals surface area contributed by atoms with Crippen LogP contribution in [0.3, 0.4) is 0 Å². The molecule has 3 aliphatic carbocycles. The van der Waals surface area contributed by atoms with E-state index in [4.69, 9.17) is 0 Å². The molecular formula is C63H38N4. The van der Waals surface area contributed by atoms with E-state index in [-0.39, 0.29) is 0 Å². The SMILES string of the molecule is N#CC1=CC2=C(CC1)c1ccc(C#N)cc1C21c2ccccc2-c2ccc(-c3ccc4c(c3)c3cc(-c5ccc6c(c5)c5ccccc5n6-c5ccccc5)ccc3n4-c3ccccc3)cc21. The summed E-state index contributed by atoms with van der Waals surface area (Å²) in [7, 11) is 0. The van der Waals surface area contributed by atoms with E-state index in [1.807, 2.05) is 6.07 Å². The Morgan fingerprint density at radius 1 is 0.388 bits per heavy atom. The van der Waals surface area contributed by atoms with Crippen LogP contribution in [-0.2, 0) is 5.41 Å². The van der Waals surface area contributed by atoms with Crippen molar-refractivity contribution in [3.05, 3.63) is 245 Å². The van der Waals surface area contributed by atoms with Crippen LogP contribution in [0.4, 0.5) is 0 Å². The molecule has 0 saturated carbocycles. The molecule has 4 nitrogen and oxygen atoms in total. The van der Waals surface area contributed by atoms with Crippen LogP contribution in [0.15, 0.2) is 217 Å². The fourth-order valence-electron chi connectivity index (χ4n) is 12.0. The van der Waals surface area contributed by atoms with Crippen LogP contribution in [0, 0.1) is 22.7 Å². The fourth-order valence-corrected chi connectivity index (χ4v) is 12.0. The number of nitrogens with zero attached hydrogens (tertiary/aromatic N) is 4. The van der Waals surface area contributed by atoms with Crippen molar-refractivity contribution in [1.29, 1.82) is 10.5 Å². The minimum atomic E-state index is -0.654. The maximum absolute atomic E-state index is 10.3. The number of fused-ring (bicyclic) bond motifs is 15. The molecule has 14 rings (SSSR count). The summed E-state index contributed by atoms with van der Waals surface area (Å²) in [6.45, 7) is 0. The van der Waals surface area contributed by atoms with Crippen molar-refractivity contribution in [2.24, 2.45) is 0 Å². The Kier molecular flexibility index (Phi) is 7.83. The lowest BCUT2D eigenvalue weighted by Crippen LogP contribution is -2.27. The van der Waals surface area contributed by atoms with E-state index in [1.54, 1.807) is 0 Å². The van der Waals surface area contributed by atoms with Crippen LogP contribution in [0.1, 0.15) is 40.7 Å². The highest BCUT2D eigenvalue weighted by atomic mass is 15.0. The Balaban J connectivity index is 0.974. The van der Waals surface area contributed by atoms with Crippen molar-refractivity contribution in [1.82, 2.24) is 9.13 Å². The van der Waals surface area contributed by atoms with E-state index >= 15 is 0 Å². The van der Waals surface area contributed by atoms with Crippen LogP contribution < -0.4 is 0 Å². The van der Waals surface area contributed by atoms with Crippen molar-refractivity contribution < 1.29 is 0 Å². The van der Waals surface area contributed by atoms with Crippen LogP contribution in [0.5, 0.6) is 0 Å². The smallest absolute Gasteiger partial charge is 0.0991 e. The molecule has 9 aromatic carbocycles. The van der Waals surface area contributed by atoms with Crippen molar-refractivity contribution in [2.45, 2.75) is 18.3 Å². The number of aromatic nitrogens is 2. The van der Waals surface area contributed by atoms with Crippen LogP contribution >= 0.6 is 0 Å². The fraction of sp³-hybridized carbons (Fsp3) is 0.0476. The zero-order valence-electron chi connectivity index (χ0n) is 36.3. The van der Waals surface area contributed by atoms with Gasteiger partial charge in [-0.15, -0.1) is 0 Å². The molecule has 1 atom stereocenters. The Morgan fingerprint density at radius 2 is 0.896 bits per heavy atom. The molecule has 0 N–H and O–H groups in total. The van der Waals surface area contributed by atoms with Gasteiger partial charge in [-0.05, 0) is 171 Å². The van der Waals surface area contributed by atoms with Gasteiger partial charge in [0, 0.05) is 38.5 Å². The molecule has 0 amide bonds. The number of para-hydroxylation sites is 3. The van der Waals surface area contributed by atoms with Gasteiger partial charge in [0.2, 0.25) is 0 Å². The molecule has 1 unspecified atom stereocenters. The zero-order chi connectivity index (χ0) is 44.4. The Morgan fingerprint density at radius 3 is 1.54 bits per heavy atom. The third-order valence-corrected chi connectivity index (χ3v) is 14.9. The normalized spacial score (nSPS) is 15.7. The lowest BCUT2D eigenvalue weighted by Gasteiger charge is -2.32. The highest BCUT2D eigenvalue weighted by Gasteiger charge is 2.53. The molecule has 0 fully saturated rings. The molecule has 2 heterocycles. The molecule has 2 aromatic heterocycles. The second kappa shape index (κ2) is 14.0. The summed E-state index contributed by atoms with van der Waals surface area (Å²) in [5, 5.41) is 25.4. The molecule has 4 heteroatoms. The van der Waals surface area contributed by atoms with E-state index in [9.17, 15) is 10.5 Å². The van der Waals surface area contributed by atoms with Crippen LogP contribution in [0.25, 0.3) is 93.9 Å². The largest absolute Gasteiger partial charge is 0.309 e. The van der Waals surface area contributed by atoms with E-state index in [2.05, 4.69) is 221 Å². The number of hydrogen-bond donors (Lipinski definition) is 0. The van der Waals surface area contributed by atoms with E-state index in [0.29, 0.717) is 12.0 Å². The number of nitriles is 2. The molecule has 0 saturated heterocycles. The van der Waals surface area contributed by atoms with Crippen molar-refractivity contribution in [2.75, 3.05) is 0 Å². The summed E-state index contributed by atoms with van der Waals surface area (Å²) < 4.78 is 4.76. The third kappa shape index (κ3) is 5.16. The van der Waals surface area contributed by atoms with E-state index in [1.165, 1.54) is 82.7 Å². The zero-order valence-corrected chi connectivity index (χ0v) is 36.3. The predicted octanol–water partition coefficient (Wildman–Crippen LogP) is 15.4. The molecule has 1 spiro atoms. The summed E-state index contributed by atoms with van der Waals surface area (Å²) in [5.74, 6) is 0. The number of allylic oxidation sites excluding steroid dienone is 4. The summed E-state index contributed by atoms with van der Waals surface area (Å²) in [5.41, 5.74) is 21.9. The molecule has 0 bridgehead atoms. The third-order valence-electron chi connectivity index (χ3n) is 14.9. The quantitative estimate of drug-likeness (QED) is 0.177. The van der Waals surface area contributed by atoms with Gasteiger partial charge in [-0.2, -0.15) is 10.5 Å². The standard InChI is InChI=1S/C63H38N4/c64-37-39-19-25-48-49-26-20-40(38-65)32-57(49)63(56(48)31-39)55-17-9-7-15-47(55)50-27-21-44(36-58(50)63)43-24-30-62-54(35-43)53-34-42(23-29-61(53)67(62)46-13-5-2-6-14-46)41-22-28-60-52(33-41)51-16-8-10-18-59(51)66(60)45-11-3-1-4-12-45/h1-19,21-25,27-36H,20,26H2. The molecule has 67 heavy (non-hydrogen) atoms. The maximum atomic E-state index is 10.3. The first-order valence-electron chi connectivity index (χ1n) is 23.0. The molecule has 3 aliphatic rings. The second-order valence-electron chi connectivity index (χ2n) is 18.2. The van der Waals surface area contributed by atoms with Gasteiger partial charge in [0.05, 0.1) is 45.2 Å². The first-order valence-corrected chi connectivity index (χ1v) is 23.0. The lowest BCUT2D eigenvalue weighted by atomic mass is 9.68. The van der Waals surface area contributed by atoms with E-state index < -0.39 is 5.41 Å². The van der Waals surface area contributed by atoms with Crippen molar-refractivity contribution >= 4 is 49.2 Å². The minimum absolute atomic E-state index is 0.642. The maximum Gasteiger partial charge on any atom is 0.0991 e. The van der Waals surface area contributed by atoms with Gasteiger partial charge in [-0.1, -0.05) is 115 Å². The van der Waals surface area contributed by atoms with Gasteiger partial charge in [0.25, 0.3) is 0 Å². The van der Waals surface area contributed by atoms with Crippen LogP contribution in [-0.4, -0.2) is 9.13 Å². The average molecular weight is 851 g/mol. The molecule has 0 radical (unpaired) electrons. The Bertz CT molecular complexity index is 4110. The van der Waals surface area contributed by atoms with E-state index in [0.717, 1.165) is 51.1 Å². The van der Waals surface area contributed by atoms with Gasteiger partial charge in [-0.25, -0.2) is 0 Å². The Labute approximate surface area is 387 Å². The summed E-state index contributed by atoms with van der Waals surface area (Å²) in [6.07, 6.45) is 3.66.